The van der Waals surface area contributed by atoms with E-state index in [1.54, 1.807) is 0 Å². The van der Waals surface area contributed by atoms with E-state index in [0.717, 1.165) is 5.69 Å². The molecule has 1 aromatic heterocycles. The van der Waals surface area contributed by atoms with Gasteiger partial charge in [-0.05, 0) is 30.2 Å². The predicted octanol–water partition coefficient (Wildman–Crippen LogP) is 3.03. The maximum atomic E-state index is 6.30. The second-order valence-electron chi connectivity index (χ2n) is 4.63. The van der Waals surface area contributed by atoms with Crippen molar-refractivity contribution in [2.24, 2.45) is 11.7 Å². The van der Waals surface area contributed by atoms with Gasteiger partial charge < -0.3 is 5.73 Å². The van der Waals surface area contributed by atoms with Gasteiger partial charge in [-0.2, -0.15) is 0 Å². The zero-order valence-corrected chi connectivity index (χ0v) is 9.26. The molecular formula is C14H16N2. The molecule has 1 heterocycles. The molecule has 0 radical (unpaired) electrons. The van der Waals surface area contributed by atoms with Gasteiger partial charge >= 0.3 is 0 Å². The van der Waals surface area contributed by atoms with E-state index in [-0.39, 0.29) is 6.04 Å². The Bertz CT molecular complexity index is 498. The first-order valence-corrected chi connectivity index (χ1v) is 5.95. The highest BCUT2D eigenvalue weighted by molar-refractivity contribution is 5.84. The quantitative estimate of drug-likeness (QED) is 0.831. The fourth-order valence-electron chi connectivity index (χ4n) is 2.43. The smallest absolute Gasteiger partial charge is 0.0651 e. The Kier molecular flexibility index (Phi) is 2.37. The van der Waals surface area contributed by atoms with Gasteiger partial charge in [0.05, 0.1) is 11.7 Å². The standard InChI is InChI=1S/C14H16N2/c15-13(11-5-3-6-11)14-12-7-2-1-4-10(12)8-9-16-14/h1-2,4,7-9,11,13H,3,5-6,15H2. The lowest BCUT2D eigenvalue weighted by Gasteiger charge is -2.31. The molecule has 2 heteroatoms. The molecule has 2 aromatic rings. The van der Waals surface area contributed by atoms with Gasteiger partial charge in [-0.15, -0.1) is 0 Å². The molecule has 1 aliphatic rings. The minimum atomic E-state index is 0.111. The van der Waals surface area contributed by atoms with Crippen molar-refractivity contribution in [1.82, 2.24) is 4.98 Å². The van der Waals surface area contributed by atoms with Crippen LogP contribution in [0.5, 0.6) is 0 Å². The molecule has 2 nitrogen and oxygen atoms in total. The molecule has 1 aliphatic carbocycles. The summed E-state index contributed by atoms with van der Waals surface area (Å²) < 4.78 is 0. The van der Waals surface area contributed by atoms with E-state index in [4.69, 9.17) is 5.73 Å². The third-order valence-corrected chi connectivity index (χ3v) is 3.68. The first-order valence-electron chi connectivity index (χ1n) is 5.95. The van der Waals surface area contributed by atoms with Gasteiger partial charge in [0.1, 0.15) is 0 Å². The van der Waals surface area contributed by atoms with E-state index in [9.17, 15) is 0 Å². The Morgan fingerprint density at radius 3 is 2.75 bits per heavy atom. The van der Waals surface area contributed by atoms with Crippen LogP contribution in [0, 0.1) is 5.92 Å². The van der Waals surface area contributed by atoms with E-state index in [1.807, 2.05) is 12.3 Å². The van der Waals surface area contributed by atoms with Crippen LogP contribution in [0.4, 0.5) is 0 Å². The van der Waals surface area contributed by atoms with Crippen molar-refractivity contribution < 1.29 is 0 Å². The molecule has 0 bridgehead atoms. The van der Waals surface area contributed by atoms with Crippen LogP contribution < -0.4 is 5.73 Å². The van der Waals surface area contributed by atoms with E-state index in [1.165, 1.54) is 30.0 Å². The van der Waals surface area contributed by atoms with Crippen molar-refractivity contribution in [3.05, 3.63) is 42.2 Å². The number of rotatable bonds is 2. The van der Waals surface area contributed by atoms with Crippen LogP contribution in [0.3, 0.4) is 0 Å². The van der Waals surface area contributed by atoms with E-state index in [0.29, 0.717) is 5.92 Å². The normalized spacial score (nSPS) is 18.3. The maximum absolute atomic E-state index is 6.30. The topological polar surface area (TPSA) is 38.9 Å². The number of nitrogens with two attached hydrogens (primary N) is 1. The van der Waals surface area contributed by atoms with Crippen LogP contribution in [0.1, 0.15) is 31.0 Å². The summed E-state index contributed by atoms with van der Waals surface area (Å²) >= 11 is 0. The van der Waals surface area contributed by atoms with Gasteiger partial charge in [-0.1, -0.05) is 30.7 Å². The van der Waals surface area contributed by atoms with Gasteiger partial charge in [0.15, 0.2) is 0 Å². The molecule has 0 amide bonds. The van der Waals surface area contributed by atoms with Crippen molar-refractivity contribution in [3.8, 4) is 0 Å². The van der Waals surface area contributed by atoms with Crippen LogP contribution in [0.25, 0.3) is 10.8 Å². The fourth-order valence-corrected chi connectivity index (χ4v) is 2.43. The number of hydrogen-bond acceptors (Lipinski definition) is 2. The van der Waals surface area contributed by atoms with Gasteiger partial charge in [0.2, 0.25) is 0 Å². The average molecular weight is 212 g/mol. The zero-order chi connectivity index (χ0) is 11.0. The third-order valence-electron chi connectivity index (χ3n) is 3.68. The van der Waals surface area contributed by atoms with Crippen molar-refractivity contribution in [3.63, 3.8) is 0 Å². The summed E-state index contributed by atoms with van der Waals surface area (Å²) in [6.07, 6.45) is 5.71. The molecular weight excluding hydrogens is 196 g/mol. The Hall–Kier alpha value is -1.41. The number of benzene rings is 1. The molecule has 1 atom stereocenters. The Labute approximate surface area is 95.5 Å². The largest absolute Gasteiger partial charge is 0.322 e. The molecule has 0 saturated heterocycles. The lowest BCUT2D eigenvalue weighted by molar-refractivity contribution is 0.262. The van der Waals surface area contributed by atoms with Crippen LogP contribution >= 0.6 is 0 Å². The maximum Gasteiger partial charge on any atom is 0.0651 e. The minimum Gasteiger partial charge on any atom is -0.322 e. The number of fused-ring (bicyclic) bond motifs is 1. The van der Waals surface area contributed by atoms with E-state index in [2.05, 4.69) is 29.2 Å². The number of nitrogens with zero attached hydrogens (tertiary/aromatic N) is 1. The van der Waals surface area contributed by atoms with E-state index < -0.39 is 0 Å². The third kappa shape index (κ3) is 1.50. The summed E-state index contributed by atoms with van der Waals surface area (Å²) in [5, 5.41) is 2.45. The Morgan fingerprint density at radius 2 is 2.00 bits per heavy atom. The molecule has 1 unspecified atom stereocenters. The van der Waals surface area contributed by atoms with Crippen LogP contribution in [0.2, 0.25) is 0 Å². The lowest BCUT2D eigenvalue weighted by Crippen LogP contribution is -2.27. The van der Waals surface area contributed by atoms with Gasteiger partial charge in [-0.25, -0.2) is 0 Å². The second-order valence-corrected chi connectivity index (χ2v) is 4.63. The SMILES string of the molecule is NC(c1nccc2ccccc12)C1CCC1. The summed E-state index contributed by atoms with van der Waals surface area (Å²) in [4.78, 5) is 4.48. The highest BCUT2D eigenvalue weighted by Crippen LogP contribution is 2.37. The number of pyridine rings is 1. The summed E-state index contributed by atoms with van der Waals surface area (Å²) in [6.45, 7) is 0. The van der Waals surface area contributed by atoms with E-state index >= 15 is 0 Å². The van der Waals surface area contributed by atoms with Crippen LogP contribution in [0.15, 0.2) is 36.5 Å². The fraction of sp³-hybridized carbons (Fsp3) is 0.357. The molecule has 1 aromatic carbocycles. The minimum absolute atomic E-state index is 0.111. The molecule has 1 fully saturated rings. The Morgan fingerprint density at radius 1 is 1.19 bits per heavy atom. The highest BCUT2D eigenvalue weighted by Gasteiger charge is 2.27. The molecule has 0 spiro atoms. The number of aromatic nitrogens is 1. The molecule has 2 N–H and O–H groups in total. The highest BCUT2D eigenvalue weighted by atomic mass is 14.8. The molecule has 0 aliphatic heterocycles. The summed E-state index contributed by atoms with van der Waals surface area (Å²) in [6, 6.07) is 10.5. The average Bonchev–Trinajstić information content (AvgIpc) is 2.26. The summed E-state index contributed by atoms with van der Waals surface area (Å²) in [7, 11) is 0. The molecule has 3 rings (SSSR count). The first-order chi connectivity index (χ1) is 7.86. The van der Waals surface area contributed by atoms with Crippen LogP contribution in [-0.2, 0) is 0 Å². The lowest BCUT2D eigenvalue weighted by atomic mass is 9.78. The monoisotopic (exact) mass is 212 g/mol. The van der Waals surface area contributed by atoms with Crippen molar-refractivity contribution in [2.75, 3.05) is 0 Å². The Balaban J connectivity index is 2.08. The van der Waals surface area contributed by atoms with Gasteiger partial charge in [0.25, 0.3) is 0 Å². The summed E-state index contributed by atoms with van der Waals surface area (Å²) in [5.41, 5.74) is 7.38. The predicted molar refractivity (Wildman–Crippen MR) is 66.0 cm³/mol. The van der Waals surface area contributed by atoms with Crippen molar-refractivity contribution >= 4 is 10.8 Å². The zero-order valence-electron chi connectivity index (χ0n) is 9.26. The van der Waals surface area contributed by atoms with Crippen LogP contribution in [-0.4, -0.2) is 4.98 Å². The van der Waals surface area contributed by atoms with Gasteiger partial charge in [0, 0.05) is 11.6 Å². The molecule has 82 valence electrons. The second kappa shape index (κ2) is 3.87. The number of hydrogen-bond donors (Lipinski definition) is 1. The van der Waals surface area contributed by atoms with Crippen molar-refractivity contribution in [1.29, 1.82) is 0 Å². The first kappa shape index (κ1) is 9.79. The van der Waals surface area contributed by atoms with Crippen molar-refractivity contribution in [2.45, 2.75) is 25.3 Å². The van der Waals surface area contributed by atoms with Gasteiger partial charge in [-0.3, -0.25) is 4.98 Å². The molecule has 16 heavy (non-hydrogen) atoms. The molecule has 1 saturated carbocycles. The summed E-state index contributed by atoms with van der Waals surface area (Å²) in [5.74, 6) is 0.637.